The molecular weight excluding hydrogens is 124 g/mol. The van der Waals surface area contributed by atoms with Crippen LogP contribution in [0.4, 0.5) is 0 Å². The summed E-state index contributed by atoms with van der Waals surface area (Å²) in [6.07, 6.45) is 3.37. The molecule has 1 atom stereocenters. The summed E-state index contributed by atoms with van der Waals surface area (Å²) in [6.45, 7) is 9.73. The van der Waals surface area contributed by atoms with E-state index in [9.17, 15) is 5.11 Å². The average Bonchev–Trinajstić information content (AvgIpc) is 1.80. The Bertz CT molecular complexity index is 99.8. The van der Waals surface area contributed by atoms with Crippen LogP contribution in [0.3, 0.4) is 0 Å². The highest BCUT2D eigenvalue weighted by atomic mass is 16.3. The van der Waals surface area contributed by atoms with Gasteiger partial charge in [-0.15, -0.1) is 6.58 Å². The van der Waals surface area contributed by atoms with Crippen molar-refractivity contribution in [1.29, 1.82) is 0 Å². The third-order valence-corrected chi connectivity index (χ3v) is 1.64. The molecule has 60 valence electrons. The summed E-state index contributed by atoms with van der Waals surface area (Å²) in [5, 5.41) is 9.47. The molecule has 0 radical (unpaired) electrons. The van der Waals surface area contributed by atoms with E-state index in [2.05, 4.69) is 6.58 Å². The first-order valence-electron chi connectivity index (χ1n) is 3.77. The van der Waals surface area contributed by atoms with Gasteiger partial charge in [-0.1, -0.05) is 26.8 Å². The van der Waals surface area contributed by atoms with Gasteiger partial charge in [-0.2, -0.15) is 0 Å². The van der Waals surface area contributed by atoms with Crippen molar-refractivity contribution in [2.45, 2.75) is 39.7 Å². The van der Waals surface area contributed by atoms with Crippen molar-refractivity contribution in [1.82, 2.24) is 0 Å². The van der Waals surface area contributed by atoms with E-state index in [1.54, 1.807) is 0 Å². The molecule has 0 aliphatic carbocycles. The molecule has 0 aromatic heterocycles. The van der Waals surface area contributed by atoms with E-state index < -0.39 is 0 Å². The summed E-state index contributed by atoms with van der Waals surface area (Å²) in [4.78, 5) is 0. The van der Waals surface area contributed by atoms with E-state index in [4.69, 9.17) is 0 Å². The minimum Gasteiger partial charge on any atom is -0.393 e. The first-order valence-corrected chi connectivity index (χ1v) is 3.77. The van der Waals surface area contributed by atoms with Crippen molar-refractivity contribution in [3.63, 3.8) is 0 Å². The summed E-state index contributed by atoms with van der Waals surface area (Å²) >= 11 is 0. The number of hydrogen-bond acceptors (Lipinski definition) is 1. The lowest BCUT2D eigenvalue weighted by molar-refractivity contribution is 0.0566. The third-order valence-electron chi connectivity index (χ3n) is 1.64. The Morgan fingerprint density at radius 2 is 2.00 bits per heavy atom. The van der Waals surface area contributed by atoms with Crippen LogP contribution in [0.15, 0.2) is 12.7 Å². The van der Waals surface area contributed by atoms with Crippen LogP contribution in [0.1, 0.15) is 33.6 Å². The standard InChI is InChI=1S/C9H18O/c1-5-6-7-8(10)9(2,3)4/h5,8,10H,1,6-7H2,2-4H3/t8-/m1/s1. The van der Waals surface area contributed by atoms with Gasteiger partial charge in [0.25, 0.3) is 0 Å². The average molecular weight is 142 g/mol. The van der Waals surface area contributed by atoms with Gasteiger partial charge in [0.1, 0.15) is 0 Å². The second-order valence-electron chi connectivity index (χ2n) is 3.75. The lowest BCUT2D eigenvalue weighted by Crippen LogP contribution is -2.25. The molecule has 0 spiro atoms. The van der Waals surface area contributed by atoms with Gasteiger partial charge in [-0.05, 0) is 18.3 Å². The maximum Gasteiger partial charge on any atom is 0.0591 e. The Balaban J connectivity index is 3.61. The van der Waals surface area contributed by atoms with Gasteiger partial charge in [-0.25, -0.2) is 0 Å². The Hall–Kier alpha value is -0.300. The quantitative estimate of drug-likeness (QED) is 0.600. The molecule has 10 heavy (non-hydrogen) atoms. The smallest absolute Gasteiger partial charge is 0.0591 e. The minimum atomic E-state index is -0.203. The van der Waals surface area contributed by atoms with Gasteiger partial charge in [0.05, 0.1) is 6.10 Å². The van der Waals surface area contributed by atoms with Crippen molar-refractivity contribution in [3.8, 4) is 0 Å². The van der Waals surface area contributed by atoms with Gasteiger partial charge in [-0.3, -0.25) is 0 Å². The fraction of sp³-hybridized carbons (Fsp3) is 0.778. The molecule has 0 saturated carbocycles. The highest BCUT2D eigenvalue weighted by Crippen LogP contribution is 2.22. The second kappa shape index (κ2) is 3.77. The van der Waals surface area contributed by atoms with Gasteiger partial charge in [0.2, 0.25) is 0 Å². The van der Waals surface area contributed by atoms with E-state index >= 15 is 0 Å². The summed E-state index contributed by atoms with van der Waals surface area (Å²) in [7, 11) is 0. The maximum absolute atomic E-state index is 9.47. The Labute approximate surface area is 63.8 Å². The normalized spacial score (nSPS) is 14.8. The zero-order valence-corrected chi connectivity index (χ0v) is 7.22. The van der Waals surface area contributed by atoms with Crippen LogP contribution in [0.25, 0.3) is 0 Å². The number of hydrogen-bond donors (Lipinski definition) is 1. The van der Waals surface area contributed by atoms with Gasteiger partial charge >= 0.3 is 0 Å². The zero-order valence-electron chi connectivity index (χ0n) is 7.22. The molecule has 0 fully saturated rings. The lowest BCUT2D eigenvalue weighted by atomic mass is 9.86. The molecule has 1 nitrogen and oxygen atoms in total. The molecule has 1 N–H and O–H groups in total. The van der Waals surface area contributed by atoms with E-state index in [-0.39, 0.29) is 11.5 Å². The third kappa shape index (κ3) is 3.67. The summed E-state index contributed by atoms with van der Waals surface area (Å²) in [5.41, 5.74) is 0.0169. The molecule has 0 bridgehead atoms. The van der Waals surface area contributed by atoms with Crippen molar-refractivity contribution in [2.24, 2.45) is 5.41 Å². The summed E-state index contributed by atoms with van der Waals surface area (Å²) in [6, 6.07) is 0. The Morgan fingerprint density at radius 3 is 2.30 bits per heavy atom. The minimum absolute atomic E-state index is 0.0169. The molecule has 0 aliphatic heterocycles. The molecule has 0 heterocycles. The molecule has 0 aromatic carbocycles. The topological polar surface area (TPSA) is 20.2 Å². The first-order chi connectivity index (χ1) is 4.48. The number of allylic oxidation sites excluding steroid dienone is 1. The van der Waals surface area contributed by atoms with Gasteiger partial charge in [0, 0.05) is 0 Å². The van der Waals surface area contributed by atoms with Crippen molar-refractivity contribution < 1.29 is 5.11 Å². The predicted octanol–water partition coefficient (Wildman–Crippen LogP) is 2.36. The molecule has 1 heteroatoms. The maximum atomic E-state index is 9.47. The second-order valence-corrected chi connectivity index (χ2v) is 3.75. The number of aliphatic hydroxyl groups is 1. The molecule has 0 unspecified atom stereocenters. The largest absolute Gasteiger partial charge is 0.393 e. The number of aliphatic hydroxyl groups excluding tert-OH is 1. The highest BCUT2D eigenvalue weighted by Gasteiger charge is 2.20. The summed E-state index contributed by atoms with van der Waals surface area (Å²) in [5.74, 6) is 0. The van der Waals surface area contributed by atoms with Crippen LogP contribution in [0, 0.1) is 5.41 Å². The monoisotopic (exact) mass is 142 g/mol. The van der Waals surface area contributed by atoms with Gasteiger partial charge in [0.15, 0.2) is 0 Å². The lowest BCUT2D eigenvalue weighted by Gasteiger charge is -2.25. The highest BCUT2D eigenvalue weighted by molar-refractivity contribution is 4.76. The predicted molar refractivity (Wildman–Crippen MR) is 44.9 cm³/mol. The SMILES string of the molecule is C=CCC[C@@H](O)C(C)(C)C. The van der Waals surface area contributed by atoms with Crippen molar-refractivity contribution in [2.75, 3.05) is 0 Å². The fourth-order valence-electron chi connectivity index (χ4n) is 0.709. The van der Waals surface area contributed by atoms with Gasteiger partial charge < -0.3 is 5.11 Å². The van der Waals surface area contributed by atoms with Crippen LogP contribution in [0.5, 0.6) is 0 Å². The first kappa shape index (κ1) is 9.70. The summed E-state index contributed by atoms with van der Waals surface area (Å²) < 4.78 is 0. The Kier molecular flexibility index (Phi) is 3.66. The van der Waals surface area contributed by atoms with Crippen LogP contribution < -0.4 is 0 Å². The van der Waals surface area contributed by atoms with E-state index in [1.807, 2.05) is 26.8 Å². The molecular formula is C9H18O. The van der Waals surface area contributed by atoms with E-state index in [1.165, 1.54) is 0 Å². The van der Waals surface area contributed by atoms with Crippen LogP contribution in [0.2, 0.25) is 0 Å². The van der Waals surface area contributed by atoms with Crippen LogP contribution in [-0.2, 0) is 0 Å². The fourth-order valence-corrected chi connectivity index (χ4v) is 0.709. The molecule has 0 aromatic rings. The Morgan fingerprint density at radius 1 is 1.50 bits per heavy atom. The number of rotatable bonds is 3. The van der Waals surface area contributed by atoms with Crippen LogP contribution >= 0.6 is 0 Å². The molecule has 0 rings (SSSR count). The van der Waals surface area contributed by atoms with Crippen molar-refractivity contribution >= 4 is 0 Å². The zero-order chi connectivity index (χ0) is 8.20. The van der Waals surface area contributed by atoms with E-state index in [0.717, 1.165) is 12.8 Å². The van der Waals surface area contributed by atoms with Crippen molar-refractivity contribution in [3.05, 3.63) is 12.7 Å². The molecule has 0 saturated heterocycles. The van der Waals surface area contributed by atoms with Crippen LogP contribution in [-0.4, -0.2) is 11.2 Å². The molecule has 0 aliphatic rings. The molecule has 0 amide bonds. The van der Waals surface area contributed by atoms with E-state index in [0.29, 0.717) is 0 Å².